The molecule has 0 saturated carbocycles. The van der Waals surface area contributed by atoms with E-state index in [9.17, 15) is 9.59 Å². The summed E-state index contributed by atoms with van der Waals surface area (Å²) in [7, 11) is 2.83. The summed E-state index contributed by atoms with van der Waals surface area (Å²) in [5.74, 6) is -0.365. The van der Waals surface area contributed by atoms with Crippen LogP contribution in [-0.4, -0.2) is 17.6 Å². The van der Waals surface area contributed by atoms with E-state index in [4.69, 9.17) is 20.8 Å². The Bertz CT molecular complexity index is 1000. The van der Waals surface area contributed by atoms with E-state index < -0.39 is 5.97 Å². The van der Waals surface area contributed by atoms with E-state index in [1.54, 1.807) is 19.2 Å². The summed E-state index contributed by atoms with van der Waals surface area (Å²) >= 11 is 6.24. The Hall–Kier alpha value is -2.73. The van der Waals surface area contributed by atoms with Gasteiger partial charge < -0.3 is 14.5 Å². The zero-order valence-electron chi connectivity index (χ0n) is 15.3. The van der Waals surface area contributed by atoms with Crippen LogP contribution in [0.5, 0.6) is 0 Å². The molecule has 0 spiro atoms. The number of carbonyl (C=O) groups excluding carboxylic acids is 1. The van der Waals surface area contributed by atoms with Crippen molar-refractivity contribution >= 4 is 40.0 Å². The lowest BCUT2D eigenvalue weighted by Crippen LogP contribution is -2.23. The normalized spacial score (nSPS) is 10.2. The maximum atomic E-state index is 12.5. The molecule has 0 radical (unpaired) electrons. The van der Waals surface area contributed by atoms with Crippen LogP contribution in [0.25, 0.3) is 11.0 Å². The monoisotopic (exact) mass is 376 g/mol. The number of pyridine rings is 1. The van der Waals surface area contributed by atoms with Crippen LogP contribution in [-0.2, 0) is 11.8 Å². The van der Waals surface area contributed by atoms with Crippen molar-refractivity contribution in [2.75, 3.05) is 12.4 Å². The van der Waals surface area contributed by atoms with Crippen LogP contribution in [0.2, 0.25) is 5.02 Å². The first-order valence-electron chi connectivity index (χ1n) is 8.15. The minimum atomic E-state index is -0.615. The predicted molar refractivity (Wildman–Crippen MR) is 104 cm³/mol. The zero-order valence-corrected chi connectivity index (χ0v) is 16.1. The van der Waals surface area contributed by atoms with Gasteiger partial charge in [0, 0.05) is 7.05 Å². The number of ether oxygens (including phenoxy) is 1. The number of anilines is 2. The number of nitrogens with one attached hydrogen (secondary N) is 1. The molecule has 2 aromatic heterocycles. The summed E-state index contributed by atoms with van der Waals surface area (Å²) < 4.78 is 11.5. The second kappa shape index (κ2) is 8.10. The molecule has 138 valence electrons. The number of furan rings is 1. The van der Waals surface area contributed by atoms with Crippen molar-refractivity contribution < 1.29 is 13.9 Å². The molecule has 0 aliphatic carbocycles. The van der Waals surface area contributed by atoms with Gasteiger partial charge in [0.25, 0.3) is 5.56 Å². The van der Waals surface area contributed by atoms with Gasteiger partial charge in [-0.2, -0.15) is 0 Å². The Labute approximate surface area is 156 Å². The van der Waals surface area contributed by atoms with Gasteiger partial charge in [-0.1, -0.05) is 31.5 Å². The van der Waals surface area contributed by atoms with E-state index in [0.717, 1.165) is 5.56 Å². The van der Waals surface area contributed by atoms with Crippen LogP contribution in [0.4, 0.5) is 11.5 Å². The fraction of sp³-hybridized carbons (Fsp3) is 0.263. The van der Waals surface area contributed by atoms with Crippen molar-refractivity contribution in [2.24, 2.45) is 7.05 Å². The van der Waals surface area contributed by atoms with Gasteiger partial charge in [0.1, 0.15) is 11.4 Å². The molecule has 1 aromatic carbocycles. The van der Waals surface area contributed by atoms with E-state index in [1.165, 1.54) is 24.0 Å². The second-order valence-corrected chi connectivity index (χ2v) is 5.76. The Kier molecular flexibility index (Phi) is 6.10. The first-order valence-corrected chi connectivity index (χ1v) is 8.53. The summed E-state index contributed by atoms with van der Waals surface area (Å²) in [6.07, 6.45) is 1.36. The van der Waals surface area contributed by atoms with Gasteiger partial charge in [0.2, 0.25) is 0 Å². The molecule has 26 heavy (non-hydrogen) atoms. The second-order valence-electron chi connectivity index (χ2n) is 5.35. The molecular weight excluding hydrogens is 356 g/mol. The molecule has 0 fully saturated rings. The van der Waals surface area contributed by atoms with Crippen LogP contribution in [0.3, 0.4) is 0 Å². The number of esters is 1. The van der Waals surface area contributed by atoms with Crippen LogP contribution in [0.15, 0.2) is 39.7 Å². The van der Waals surface area contributed by atoms with Gasteiger partial charge in [-0.15, -0.1) is 0 Å². The Morgan fingerprint density at radius 3 is 2.58 bits per heavy atom. The molecular formula is C19H21ClN2O4. The third-order valence-corrected chi connectivity index (χ3v) is 4.08. The highest BCUT2D eigenvalue weighted by Crippen LogP contribution is 2.31. The van der Waals surface area contributed by atoms with Crippen molar-refractivity contribution in [2.45, 2.75) is 20.8 Å². The van der Waals surface area contributed by atoms with Gasteiger partial charge in [0.15, 0.2) is 5.58 Å². The number of halogens is 1. The summed E-state index contributed by atoms with van der Waals surface area (Å²) in [5, 5.41) is 3.82. The van der Waals surface area contributed by atoms with Crippen LogP contribution >= 0.6 is 11.6 Å². The molecule has 7 heteroatoms. The molecule has 0 atom stereocenters. The van der Waals surface area contributed by atoms with Crippen LogP contribution < -0.4 is 10.9 Å². The third-order valence-electron chi connectivity index (χ3n) is 3.77. The van der Waals surface area contributed by atoms with E-state index >= 15 is 0 Å². The first kappa shape index (κ1) is 19.6. The Balaban J connectivity index is 0.00000117. The summed E-state index contributed by atoms with van der Waals surface area (Å²) in [5.41, 5.74) is 1.58. The molecule has 6 nitrogen and oxygen atoms in total. The quantitative estimate of drug-likeness (QED) is 0.673. The van der Waals surface area contributed by atoms with E-state index in [-0.39, 0.29) is 22.5 Å². The third kappa shape index (κ3) is 3.46. The lowest BCUT2D eigenvalue weighted by Gasteiger charge is -2.16. The lowest BCUT2D eigenvalue weighted by atomic mass is 10.1. The SMILES string of the molecule is CC.COC(=O)c1c(Nc2ccc(C)cc2Cl)n(C)c(=O)c2ccoc12. The number of hydrogen-bond donors (Lipinski definition) is 1. The van der Waals surface area contributed by atoms with Crippen molar-refractivity contribution in [1.29, 1.82) is 0 Å². The number of fused-ring (bicyclic) bond motifs is 1. The topological polar surface area (TPSA) is 73.5 Å². The fourth-order valence-corrected chi connectivity index (χ4v) is 2.80. The van der Waals surface area contributed by atoms with Gasteiger partial charge in [-0.25, -0.2) is 4.79 Å². The van der Waals surface area contributed by atoms with E-state index in [1.807, 2.05) is 26.8 Å². The Morgan fingerprint density at radius 1 is 1.27 bits per heavy atom. The van der Waals surface area contributed by atoms with Crippen molar-refractivity contribution in [3.63, 3.8) is 0 Å². The summed E-state index contributed by atoms with van der Waals surface area (Å²) in [4.78, 5) is 24.7. The molecule has 2 heterocycles. The number of benzene rings is 1. The number of aryl methyl sites for hydroxylation is 1. The average Bonchev–Trinajstić information content (AvgIpc) is 3.12. The molecule has 0 saturated heterocycles. The number of methoxy groups -OCH3 is 1. The van der Waals surface area contributed by atoms with Gasteiger partial charge >= 0.3 is 5.97 Å². The highest BCUT2D eigenvalue weighted by atomic mass is 35.5. The van der Waals surface area contributed by atoms with E-state index in [0.29, 0.717) is 16.1 Å². The smallest absolute Gasteiger partial charge is 0.345 e. The zero-order chi connectivity index (χ0) is 19.4. The lowest BCUT2D eigenvalue weighted by molar-refractivity contribution is 0.0602. The minimum Gasteiger partial charge on any atom is -0.465 e. The molecule has 3 rings (SSSR count). The largest absolute Gasteiger partial charge is 0.465 e. The molecule has 0 amide bonds. The number of rotatable bonds is 3. The highest BCUT2D eigenvalue weighted by molar-refractivity contribution is 6.33. The maximum absolute atomic E-state index is 12.5. The number of nitrogens with zero attached hydrogens (tertiary/aromatic N) is 1. The Morgan fingerprint density at radius 2 is 1.96 bits per heavy atom. The van der Waals surface area contributed by atoms with Crippen molar-refractivity contribution in [3.8, 4) is 0 Å². The molecule has 1 N–H and O–H groups in total. The molecule has 0 aliphatic rings. The van der Waals surface area contributed by atoms with Crippen LogP contribution in [0, 0.1) is 6.92 Å². The van der Waals surface area contributed by atoms with Gasteiger partial charge in [-0.3, -0.25) is 9.36 Å². The first-order chi connectivity index (χ1) is 12.4. The fourth-order valence-electron chi connectivity index (χ4n) is 2.52. The van der Waals surface area contributed by atoms with Gasteiger partial charge in [0.05, 0.1) is 29.5 Å². The highest BCUT2D eigenvalue weighted by Gasteiger charge is 2.24. The minimum absolute atomic E-state index is 0.135. The number of carbonyl (C=O) groups is 1. The molecule has 0 aliphatic heterocycles. The number of aromatic nitrogens is 1. The predicted octanol–water partition coefficient (Wildman–Crippen LogP) is 4.65. The van der Waals surface area contributed by atoms with E-state index in [2.05, 4.69) is 5.32 Å². The summed E-state index contributed by atoms with van der Waals surface area (Å²) in [6.45, 7) is 5.92. The molecule has 3 aromatic rings. The van der Waals surface area contributed by atoms with Crippen molar-refractivity contribution in [1.82, 2.24) is 4.57 Å². The van der Waals surface area contributed by atoms with Gasteiger partial charge in [-0.05, 0) is 30.7 Å². The summed E-state index contributed by atoms with van der Waals surface area (Å²) in [6, 6.07) is 6.95. The average molecular weight is 377 g/mol. The molecule has 0 unspecified atom stereocenters. The van der Waals surface area contributed by atoms with Crippen LogP contribution in [0.1, 0.15) is 29.8 Å². The number of hydrogen-bond acceptors (Lipinski definition) is 5. The standard InChI is InChI=1S/C17H15ClN2O4.C2H6/c1-9-4-5-12(11(18)8-9)19-15-13(17(22)23-3)14-10(6-7-24-14)16(21)20(15)2;1-2/h4-8,19H,1-3H3;1-2H3. The molecule has 0 bridgehead atoms. The van der Waals surface area contributed by atoms with Crippen molar-refractivity contribution in [3.05, 3.63) is 57.0 Å². The maximum Gasteiger partial charge on any atom is 0.345 e.